The summed E-state index contributed by atoms with van der Waals surface area (Å²) in [6, 6.07) is 6.76. The van der Waals surface area contributed by atoms with Gasteiger partial charge in [0.05, 0.1) is 13.0 Å². The molecular weight excluding hydrogens is 369 g/mol. The fourth-order valence-corrected chi connectivity index (χ4v) is 2.75. The predicted octanol–water partition coefficient (Wildman–Crippen LogP) is 5.19. The Kier molecular flexibility index (Phi) is 6.13. The predicted molar refractivity (Wildman–Crippen MR) is 101 cm³/mol. The molecule has 3 rings (SSSR count). The van der Waals surface area contributed by atoms with Gasteiger partial charge in [0.2, 0.25) is 5.90 Å². The number of aliphatic imine (C=N–C) groups is 1. The maximum atomic E-state index is 13.5. The number of pyridine rings is 1. The number of ether oxygens (including phenoxy) is 2. The molecule has 1 atom stereocenters. The lowest BCUT2D eigenvalue weighted by Crippen LogP contribution is -2.19. The molecule has 0 saturated heterocycles. The Balaban J connectivity index is 1.92. The zero-order valence-electron chi connectivity index (χ0n) is 15.2. The molecule has 1 unspecified atom stereocenters. The summed E-state index contributed by atoms with van der Waals surface area (Å²) in [6.07, 6.45) is 11.4. The molecule has 1 aromatic carbocycles. The average molecular weight is 388 g/mol. The molecule has 0 fully saturated rings. The third-order valence-electron chi connectivity index (χ3n) is 4.21. The second-order valence-electron chi connectivity index (χ2n) is 6.08. The Labute approximate surface area is 161 Å². The molecule has 4 nitrogen and oxygen atoms in total. The number of benzene rings is 1. The van der Waals surface area contributed by atoms with E-state index >= 15 is 0 Å². The Hall–Kier alpha value is -3.09. The standard InChI is InChI=1S/C21H19F3N2O2/c1-27-19-10-12-25-13-18(19)17-5-3-2-4-11-26-20(17)28-16-8-6-15(7-9-16)21(23,24)14-22/h3-13,17H,2,14H2,1H3/b5-3-,11-4-,26-20+. The van der Waals surface area contributed by atoms with E-state index in [2.05, 4.69) is 9.98 Å². The Bertz CT molecular complexity index is 893. The molecule has 0 radical (unpaired) electrons. The molecule has 28 heavy (non-hydrogen) atoms. The summed E-state index contributed by atoms with van der Waals surface area (Å²) in [5.74, 6) is -2.62. The van der Waals surface area contributed by atoms with Crippen LogP contribution in [0.25, 0.3) is 0 Å². The topological polar surface area (TPSA) is 43.7 Å². The summed E-state index contributed by atoms with van der Waals surface area (Å²) in [5.41, 5.74) is 0.350. The van der Waals surface area contributed by atoms with Crippen LogP contribution < -0.4 is 9.47 Å². The van der Waals surface area contributed by atoms with E-state index in [1.165, 1.54) is 12.1 Å². The molecule has 0 bridgehead atoms. The van der Waals surface area contributed by atoms with Crippen LogP contribution in [0.1, 0.15) is 23.5 Å². The zero-order chi connectivity index (χ0) is 20.0. The first-order valence-electron chi connectivity index (χ1n) is 8.64. The maximum absolute atomic E-state index is 13.5. The summed E-state index contributed by atoms with van der Waals surface area (Å²) >= 11 is 0. The number of methoxy groups -OCH3 is 1. The smallest absolute Gasteiger partial charge is 0.301 e. The number of allylic oxidation sites excluding steroid dienone is 2. The molecule has 0 N–H and O–H groups in total. The Morgan fingerprint density at radius 2 is 1.93 bits per heavy atom. The van der Waals surface area contributed by atoms with Gasteiger partial charge in [-0.2, -0.15) is 8.78 Å². The van der Waals surface area contributed by atoms with E-state index in [0.717, 1.165) is 17.7 Å². The van der Waals surface area contributed by atoms with Crippen LogP contribution in [0.3, 0.4) is 0 Å². The lowest BCUT2D eigenvalue weighted by atomic mass is 9.98. The van der Waals surface area contributed by atoms with E-state index in [4.69, 9.17) is 9.47 Å². The number of alkyl halides is 3. The normalized spacial score (nSPS) is 21.0. The number of rotatable bonds is 5. The van der Waals surface area contributed by atoms with Crippen LogP contribution in [0.2, 0.25) is 0 Å². The van der Waals surface area contributed by atoms with Crippen molar-refractivity contribution in [1.82, 2.24) is 4.98 Å². The molecule has 0 spiro atoms. The molecule has 1 aliphatic rings. The monoisotopic (exact) mass is 388 g/mol. The number of hydrogen-bond acceptors (Lipinski definition) is 4. The molecule has 0 aliphatic carbocycles. The highest BCUT2D eigenvalue weighted by Gasteiger charge is 2.31. The maximum Gasteiger partial charge on any atom is 0.301 e. The Morgan fingerprint density at radius 3 is 2.64 bits per heavy atom. The van der Waals surface area contributed by atoms with Crippen LogP contribution in [0, 0.1) is 0 Å². The Morgan fingerprint density at radius 1 is 1.14 bits per heavy atom. The quantitative estimate of drug-likeness (QED) is 0.663. The lowest BCUT2D eigenvalue weighted by molar-refractivity contribution is -0.0280. The highest BCUT2D eigenvalue weighted by molar-refractivity contribution is 5.88. The number of halogens is 3. The first-order valence-corrected chi connectivity index (χ1v) is 8.64. The van der Waals surface area contributed by atoms with Gasteiger partial charge in [-0.3, -0.25) is 4.98 Å². The first kappa shape index (κ1) is 19.7. The minimum absolute atomic E-state index is 0.312. The molecule has 0 saturated carbocycles. The summed E-state index contributed by atoms with van der Waals surface area (Å²) in [4.78, 5) is 8.52. The van der Waals surface area contributed by atoms with Crippen molar-refractivity contribution in [2.75, 3.05) is 13.8 Å². The number of nitrogens with zero attached hydrogens (tertiary/aromatic N) is 2. The van der Waals surface area contributed by atoms with Gasteiger partial charge in [-0.25, -0.2) is 9.38 Å². The van der Waals surface area contributed by atoms with Crippen molar-refractivity contribution in [2.24, 2.45) is 4.99 Å². The van der Waals surface area contributed by atoms with Gasteiger partial charge in [0, 0.05) is 29.7 Å². The van der Waals surface area contributed by atoms with Gasteiger partial charge in [0.15, 0.2) is 6.67 Å². The molecular formula is C21H19F3N2O2. The summed E-state index contributed by atoms with van der Waals surface area (Å²) in [7, 11) is 1.56. The molecule has 1 aromatic heterocycles. The molecule has 146 valence electrons. The van der Waals surface area contributed by atoms with E-state index in [0.29, 0.717) is 23.8 Å². The van der Waals surface area contributed by atoms with Crippen LogP contribution in [-0.2, 0) is 5.92 Å². The van der Waals surface area contributed by atoms with Gasteiger partial charge in [-0.05, 0) is 36.8 Å². The summed E-state index contributed by atoms with van der Waals surface area (Å²) in [5, 5.41) is 0. The van der Waals surface area contributed by atoms with Crippen LogP contribution in [0.15, 0.2) is 72.1 Å². The number of hydrogen-bond donors (Lipinski definition) is 0. The van der Waals surface area contributed by atoms with Crippen molar-refractivity contribution >= 4 is 5.90 Å². The van der Waals surface area contributed by atoms with Crippen LogP contribution in [0.5, 0.6) is 11.5 Å². The van der Waals surface area contributed by atoms with Gasteiger partial charge in [-0.1, -0.05) is 18.2 Å². The first-order chi connectivity index (χ1) is 13.5. The molecule has 7 heteroatoms. The lowest BCUT2D eigenvalue weighted by Gasteiger charge is -2.20. The summed E-state index contributed by atoms with van der Waals surface area (Å²) in [6.45, 7) is -1.75. The minimum Gasteiger partial charge on any atom is -0.496 e. The molecule has 2 aromatic rings. The number of aromatic nitrogens is 1. The van der Waals surface area contributed by atoms with Gasteiger partial charge >= 0.3 is 5.92 Å². The van der Waals surface area contributed by atoms with Crippen LogP contribution >= 0.6 is 0 Å². The second kappa shape index (κ2) is 8.73. The van der Waals surface area contributed by atoms with E-state index in [1.54, 1.807) is 31.8 Å². The van der Waals surface area contributed by atoms with Gasteiger partial charge in [0.1, 0.15) is 11.5 Å². The van der Waals surface area contributed by atoms with E-state index < -0.39 is 18.2 Å². The van der Waals surface area contributed by atoms with Crippen LogP contribution in [-0.4, -0.2) is 24.7 Å². The highest BCUT2D eigenvalue weighted by atomic mass is 19.3. The van der Waals surface area contributed by atoms with Crippen molar-refractivity contribution in [3.05, 3.63) is 78.3 Å². The average Bonchev–Trinajstić information content (AvgIpc) is 2.71. The van der Waals surface area contributed by atoms with Crippen LogP contribution in [0.4, 0.5) is 13.2 Å². The fourth-order valence-electron chi connectivity index (χ4n) is 2.75. The third kappa shape index (κ3) is 4.42. The van der Waals surface area contributed by atoms with E-state index in [-0.39, 0.29) is 5.92 Å². The fraction of sp³-hybridized carbons (Fsp3) is 0.238. The second-order valence-corrected chi connectivity index (χ2v) is 6.08. The third-order valence-corrected chi connectivity index (χ3v) is 4.21. The van der Waals surface area contributed by atoms with Gasteiger partial charge < -0.3 is 9.47 Å². The summed E-state index contributed by atoms with van der Waals surface area (Å²) < 4.78 is 50.7. The van der Waals surface area contributed by atoms with Crippen molar-refractivity contribution < 1.29 is 22.6 Å². The van der Waals surface area contributed by atoms with Gasteiger partial charge in [0.25, 0.3) is 0 Å². The van der Waals surface area contributed by atoms with Gasteiger partial charge in [-0.15, -0.1) is 0 Å². The van der Waals surface area contributed by atoms with E-state index in [1.807, 2.05) is 18.2 Å². The minimum atomic E-state index is -3.52. The molecule has 1 aliphatic heterocycles. The van der Waals surface area contributed by atoms with Crippen molar-refractivity contribution in [1.29, 1.82) is 0 Å². The zero-order valence-corrected chi connectivity index (χ0v) is 15.2. The largest absolute Gasteiger partial charge is 0.496 e. The highest BCUT2D eigenvalue weighted by Crippen LogP contribution is 2.32. The molecule has 2 heterocycles. The van der Waals surface area contributed by atoms with Crippen molar-refractivity contribution in [3.63, 3.8) is 0 Å². The van der Waals surface area contributed by atoms with E-state index in [9.17, 15) is 13.2 Å². The van der Waals surface area contributed by atoms with Crippen molar-refractivity contribution in [3.8, 4) is 11.5 Å². The SMILES string of the molecule is COc1ccncc1C1/C=C\C/C=C\N=C/1Oc1ccc(C(F)(F)CF)cc1. The molecule has 0 amide bonds. The van der Waals surface area contributed by atoms with Crippen molar-refractivity contribution in [2.45, 2.75) is 18.3 Å².